The summed E-state index contributed by atoms with van der Waals surface area (Å²) in [5.41, 5.74) is 8.78. The maximum atomic E-state index is 13.5. The van der Waals surface area contributed by atoms with Crippen molar-refractivity contribution in [1.29, 1.82) is 0 Å². The largest absolute Gasteiger partial charge is 0.399 e. The third-order valence-electron chi connectivity index (χ3n) is 3.01. The van der Waals surface area contributed by atoms with E-state index >= 15 is 0 Å². The summed E-state index contributed by atoms with van der Waals surface area (Å²) in [7, 11) is 0. The Bertz CT molecular complexity index is 686. The monoisotopic (exact) mass is 336 g/mol. The third kappa shape index (κ3) is 2.99. The van der Waals surface area contributed by atoms with E-state index in [1.165, 1.54) is 6.07 Å². The van der Waals surface area contributed by atoms with E-state index in [1.807, 2.05) is 0 Å². The van der Waals surface area contributed by atoms with Crippen LogP contribution in [0.5, 0.6) is 0 Å². The van der Waals surface area contributed by atoms with Gasteiger partial charge in [0.1, 0.15) is 5.82 Å². The molecular formula is C15H14BrFN2O. The first-order valence-corrected chi connectivity index (χ1v) is 6.81. The first kappa shape index (κ1) is 14.5. The fourth-order valence-corrected chi connectivity index (χ4v) is 2.37. The van der Waals surface area contributed by atoms with Crippen LogP contribution in [0.15, 0.2) is 34.8 Å². The summed E-state index contributed by atoms with van der Waals surface area (Å²) in [6, 6.07) is 7.97. The summed E-state index contributed by atoms with van der Waals surface area (Å²) in [5.74, 6) is -0.702. The number of carbonyl (C=O) groups excluding carboxylic acids is 1. The molecule has 0 aliphatic heterocycles. The molecule has 0 radical (unpaired) electrons. The van der Waals surface area contributed by atoms with E-state index in [9.17, 15) is 9.18 Å². The number of nitrogens with two attached hydrogens (primary N) is 1. The SMILES string of the molecule is Cc1cc(Br)c(F)cc1NC(=O)c1ccc(N)cc1C. The number of anilines is 2. The first-order valence-electron chi connectivity index (χ1n) is 6.01. The van der Waals surface area contributed by atoms with Crippen molar-refractivity contribution >= 4 is 33.2 Å². The highest BCUT2D eigenvalue weighted by atomic mass is 79.9. The lowest BCUT2D eigenvalue weighted by Gasteiger charge is -2.11. The van der Waals surface area contributed by atoms with E-state index in [0.29, 0.717) is 21.4 Å². The molecule has 0 aliphatic carbocycles. The highest BCUT2D eigenvalue weighted by molar-refractivity contribution is 9.10. The smallest absolute Gasteiger partial charge is 0.255 e. The van der Waals surface area contributed by atoms with Crippen LogP contribution < -0.4 is 11.1 Å². The van der Waals surface area contributed by atoms with Gasteiger partial charge in [-0.2, -0.15) is 0 Å². The van der Waals surface area contributed by atoms with Gasteiger partial charge < -0.3 is 11.1 Å². The highest BCUT2D eigenvalue weighted by Crippen LogP contribution is 2.24. The number of nitrogens with one attached hydrogen (secondary N) is 1. The molecule has 0 atom stereocenters. The Morgan fingerprint density at radius 1 is 1.20 bits per heavy atom. The normalized spacial score (nSPS) is 10.4. The molecule has 2 rings (SSSR count). The molecule has 0 aromatic heterocycles. The van der Waals surface area contributed by atoms with Gasteiger partial charge in [0.05, 0.1) is 4.47 Å². The number of nitrogen functional groups attached to an aromatic ring is 1. The van der Waals surface area contributed by atoms with Crippen molar-refractivity contribution < 1.29 is 9.18 Å². The fourth-order valence-electron chi connectivity index (χ4n) is 1.91. The predicted molar refractivity (Wildman–Crippen MR) is 82.4 cm³/mol. The minimum absolute atomic E-state index is 0.285. The topological polar surface area (TPSA) is 55.1 Å². The molecule has 0 fully saturated rings. The number of benzene rings is 2. The standard InChI is InChI=1S/C15H14BrFN2O/c1-8-5-10(18)3-4-11(8)15(20)19-14-7-13(17)12(16)6-9(14)2/h3-7H,18H2,1-2H3,(H,19,20). The molecule has 0 saturated carbocycles. The Labute approximate surface area is 125 Å². The summed E-state index contributed by atoms with van der Waals surface area (Å²) < 4.78 is 13.9. The number of hydrogen-bond acceptors (Lipinski definition) is 2. The van der Waals surface area contributed by atoms with E-state index in [0.717, 1.165) is 11.1 Å². The highest BCUT2D eigenvalue weighted by Gasteiger charge is 2.12. The maximum Gasteiger partial charge on any atom is 0.255 e. The molecule has 3 N–H and O–H groups in total. The molecule has 0 heterocycles. The average molecular weight is 337 g/mol. The van der Waals surface area contributed by atoms with Crippen molar-refractivity contribution in [2.75, 3.05) is 11.1 Å². The maximum absolute atomic E-state index is 13.5. The Kier molecular flexibility index (Phi) is 4.09. The number of halogens is 2. The molecule has 0 aliphatic rings. The molecule has 5 heteroatoms. The summed E-state index contributed by atoms with van der Waals surface area (Å²) in [4.78, 5) is 12.2. The molecule has 1 amide bonds. The summed E-state index contributed by atoms with van der Waals surface area (Å²) in [6.45, 7) is 3.61. The molecular weight excluding hydrogens is 323 g/mol. The Balaban J connectivity index is 2.30. The van der Waals surface area contributed by atoms with Gasteiger partial charge in [-0.3, -0.25) is 4.79 Å². The molecule has 0 saturated heterocycles. The number of amides is 1. The Morgan fingerprint density at radius 2 is 1.90 bits per heavy atom. The molecule has 2 aromatic carbocycles. The van der Waals surface area contributed by atoms with E-state index in [4.69, 9.17) is 5.73 Å². The molecule has 20 heavy (non-hydrogen) atoms. The second kappa shape index (κ2) is 5.63. The summed E-state index contributed by atoms with van der Waals surface area (Å²) in [6.07, 6.45) is 0. The fraction of sp³-hybridized carbons (Fsp3) is 0.133. The van der Waals surface area contributed by atoms with E-state index in [2.05, 4.69) is 21.2 Å². The van der Waals surface area contributed by atoms with Crippen molar-refractivity contribution in [3.8, 4) is 0 Å². The van der Waals surface area contributed by atoms with Crippen LogP contribution in [0, 0.1) is 19.7 Å². The van der Waals surface area contributed by atoms with Crippen molar-refractivity contribution in [3.63, 3.8) is 0 Å². The molecule has 0 spiro atoms. The van der Waals surface area contributed by atoms with E-state index in [1.54, 1.807) is 38.1 Å². The van der Waals surface area contributed by atoms with Crippen LogP contribution in [-0.2, 0) is 0 Å². The number of rotatable bonds is 2. The van der Waals surface area contributed by atoms with Gasteiger partial charge in [0.2, 0.25) is 0 Å². The van der Waals surface area contributed by atoms with Gasteiger partial charge >= 0.3 is 0 Å². The average Bonchev–Trinajstić information content (AvgIpc) is 2.35. The first-order chi connectivity index (χ1) is 9.38. The summed E-state index contributed by atoms with van der Waals surface area (Å²) in [5, 5.41) is 2.71. The van der Waals surface area contributed by atoms with Gasteiger partial charge in [0.15, 0.2) is 0 Å². The van der Waals surface area contributed by atoms with Crippen LogP contribution in [0.4, 0.5) is 15.8 Å². The van der Waals surface area contributed by atoms with Crippen LogP contribution in [0.3, 0.4) is 0 Å². The van der Waals surface area contributed by atoms with Gasteiger partial charge in [-0.25, -0.2) is 4.39 Å². The predicted octanol–water partition coefficient (Wildman–Crippen LogP) is 4.04. The number of hydrogen-bond donors (Lipinski definition) is 2. The van der Waals surface area contributed by atoms with Crippen molar-refractivity contribution in [1.82, 2.24) is 0 Å². The molecule has 0 unspecified atom stereocenters. The zero-order chi connectivity index (χ0) is 14.9. The minimum Gasteiger partial charge on any atom is -0.399 e. The van der Waals surface area contributed by atoms with Gasteiger partial charge in [-0.1, -0.05) is 0 Å². The van der Waals surface area contributed by atoms with Crippen LogP contribution in [0.25, 0.3) is 0 Å². The third-order valence-corrected chi connectivity index (χ3v) is 3.62. The second-order valence-electron chi connectivity index (χ2n) is 4.61. The zero-order valence-electron chi connectivity index (χ0n) is 11.1. The lowest BCUT2D eigenvalue weighted by molar-refractivity contribution is 0.102. The van der Waals surface area contributed by atoms with Gasteiger partial charge in [0.25, 0.3) is 5.91 Å². The Morgan fingerprint density at radius 3 is 2.55 bits per heavy atom. The minimum atomic E-state index is -0.417. The lowest BCUT2D eigenvalue weighted by Crippen LogP contribution is -2.14. The van der Waals surface area contributed by atoms with Gasteiger partial charge in [0, 0.05) is 16.9 Å². The van der Waals surface area contributed by atoms with Crippen molar-refractivity contribution in [3.05, 3.63) is 57.3 Å². The van der Waals surface area contributed by atoms with Crippen molar-refractivity contribution in [2.24, 2.45) is 0 Å². The van der Waals surface area contributed by atoms with E-state index in [-0.39, 0.29) is 5.91 Å². The lowest BCUT2D eigenvalue weighted by atomic mass is 10.1. The van der Waals surface area contributed by atoms with Gasteiger partial charge in [-0.05, 0) is 71.2 Å². The van der Waals surface area contributed by atoms with Crippen LogP contribution >= 0.6 is 15.9 Å². The van der Waals surface area contributed by atoms with Crippen LogP contribution in [0.1, 0.15) is 21.5 Å². The number of aryl methyl sites for hydroxylation is 2. The quantitative estimate of drug-likeness (QED) is 0.813. The molecule has 2 aromatic rings. The molecule has 3 nitrogen and oxygen atoms in total. The Hall–Kier alpha value is -1.88. The molecule has 0 bridgehead atoms. The van der Waals surface area contributed by atoms with Crippen molar-refractivity contribution in [2.45, 2.75) is 13.8 Å². The summed E-state index contributed by atoms with van der Waals surface area (Å²) >= 11 is 3.11. The van der Waals surface area contributed by atoms with Crippen LogP contribution in [-0.4, -0.2) is 5.91 Å². The molecule has 104 valence electrons. The second-order valence-corrected chi connectivity index (χ2v) is 5.46. The van der Waals surface area contributed by atoms with Crippen LogP contribution in [0.2, 0.25) is 0 Å². The van der Waals surface area contributed by atoms with E-state index < -0.39 is 5.82 Å². The number of carbonyl (C=O) groups is 1. The van der Waals surface area contributed by atoms with Gasteiger partial charge in [-0.15, -0.1) is 0 Å². The zero-order valence-corrected chi connectivity index (χ0v) is 12.7.